The Labute approximate surface area is 65.6 Å². The molecule has 0 aromatic carbocycles. The van der Waals surface area contributed by atoms with Crippen molar-refractivity contribution in [2.75, 3.05) is 0 Å². The fourth-order valence-corrected chi connectivity index (χ4v) is 0.123. The van der Waals surface area contributed by atoms with Crippen LogP contribution in [0.3, 0.4) is 0 Å². The zero-order chi connectivity index (χ0) is 5.86. The van der Waals surface area contributed by atoms with Crippen molar-refractivity contribution in [1.29, 1.82) is 0 Å². The second-order valence-corrected chi connectivity index (χ2v) is 1.35. The van der Waals surface area contributed by atoms with E-state index in [0.29, 0.717) is 0 Å². The SMILES string of the molecule is C/C=C(\Cl)C(=O)O.[GaH3]. The molecule has 46 valence electrons. The molecule has 0 saturated carbocycles. The summed E-state index contributed by atoms with van der Waals surface area (Å²) < 4.78 is 0. The Morgan fingerprint density at radius 3 is 2.12 bits per heavy atom. The van der Waals surface area contributed by atoms with Gasteiger partial charge in [0.25, 0.3) is 0 Å². The molecule has 0 rings (SSSR count). The molecule has 8 heavy (non-hydrogen) atoms. The number of carboxylic acids is 1. The summed E-state index contributed by atoms with van der Waals surface area (Å²) in [6, 6.07) is 0. The third-order valence-electron chi connectivity index (χ3n) is 0.458. The van der Waals surface area contributed by atoms with Gasteiger partial charge < -0.3 is 5.11 Å². The first-order chi connectivity index (χ1) is 3.18. The molecule has 0 aliphatic carbocycles. The van der Waals surface area contributed by atoms with E-state index in [1.807, 2.05) is 0 Å². The van der Waals surface area contributed by atoms with Gasteiger partial charge in [-0.25, -0.2) is 4.79 Å². The number of rotatable bonds is 1. The molecule has 2 nitrogen and oxygen atoms in total. The molecule has 0 unspecified atom stereocenters. The molecule has 0 fully saturated rings. The zero-order valence-corrected chi connectivity index (χ0v) is 4.57. The molecular formula is C4H8ClGaO2. The first-order valence-corrected chi connectivity index (χ1v) is 2.11. The second kappa shape index (κ2) is 5.28. The van der Waals surface area contributed by atoms with Crippen molar-refractivity contribution in [2.45, 2.75) is 6.92 Å². The van der Waals surface area contributed by atoms with Gasteiger partial charge >= 0.3 is 25.8 Å². The molecule has 4 heteroatoms. The van der Waals surface area contributed by atoms with Gasteiger partial charge in [0.2, 0.25) is 0 Å². The van der Waals surface area contributed by atoms with E-state index >= 15 is 0 Å². The molecule has 0 amide bonds. The number of carbonyl (C=O) groups is 1. The van der Waals surface area contributed by atoms with Crippen LogP contribution in [0.5, 0.6) is 0 Å². The first kappa shape index (κ1) is 11.0. The Morgan fingerprint density at radius 1 is 1.75 bits per heavy atom. The number of halogens is 1. The maximum atomic E-state index is 9.73. The monoisotopic (exact) mass is 192 g/mol. The molecule has 0 aliphatic rings. The Morgan fingerprint density at radius 2 is 2.12 bits per heavy atom. The Bertz CT molecular complexity index is 111. The van der Waals surface area contributed by atoms with Crippen LogP contribution in [0, 0.1) is 0 Å². The quantitative estimate of drug-likeness (QED) is 0.471. The van der Waals surface area contributed by atoms with Crippen molar-refractivity contribution >= 4 is 37.4 Å². The summed E-state index contributed by atoms with van der Waals surface area (Å²) >= 11 is 5.06. The summed E-state index contributed by atoms with van der Waals surface area (Å²) in [5.41, 5.74) is 0. The van der Waals surface area contributed by atoms with E-state index in [9.17, 15) is 4.79 Å². The molecule has 0 atom stereocenters. The van der Waals surface area contributed by atoms with Gasteiger partial charge in [-0.15, -0.1) is 0 Å². The van der Waals surface area contributed by atoms with Crippen LogP contribution in [0.2, 0.25) is 0 Å². The molecule has 0 aliphatic heterocycles. The summed E-state index contributed by atoms with van der Waals surface area (Å²) in [6.45, 7) is 1.57. The van der Waals surface area contributed by atoms with E-state index in [4.69, 9.17) is 16.7 Å². The number of hydrogen-bond acceptors (Lipinski definition) is 1. The van der Waals surface area contributed by atoms with Gasteiger partial charge in [0, 0.05) is 0 Å². The van der Waals surface area contributed by atoms with Gasteiger partial charge in [-0.1, -0.05) is 17.7 Å². The van der Waals surface area contributed by atoms with Crippen LogP contribution in [0.1, 0.15) is 6.92 Å². The van der Waals surface area contributed by atoms with E-state index in [1.54, 1.807) is 6.92 Å². The van der Waals surface area contributed by atoms with Gasteiger partial charge in [-0.3, -0.25) is 0 Å². The summed E-state index contributed by atoms with van der Waals surface area (Å²) in [4.78, 5) is 9.73. The molecule has 0 saturated heterocycles. The third-order valence-corrected chi connectivity index (χ3v) is 0.838. The molecule has 0 aromatic rings. The second-order valence-electron chi connectivity index (χ2n) is 0.942. The van der Waals surface area contributed by atoms with Crippen molar-refractivity contribution in [1.82, 2.24) is 0 Å². The summed E-state index contributed by atoms with van der Waals surface area (Å²) in [6.07, 6.45) is 1.32. The Hall–Kier alpha value is 0.136. The average Bonchev–Trinajstić information content (AvgIpc) is 1.65. The van der Waals surface area contributed by atoms with E-state index in [1.165, 1.54) is 6.08 Å². The number of hydrogen-bond donors (Lipinski definition) is 1. The first-order valence-electron chi connectivity index (χ1n) is 1.73. The zero-order valence-electron chi connectivity index (χ0n) is 3.81. The van der Waals surface area contributed by atoms with Crippen LogP contribution in [0.15, 0.2) is 11.1 Å². The minimum atomic E-state index is -1.08. The summed E-state index contributed by atoms with van der Waals surface area (Å²) in [7, 11) is 0. The normalized spacial score (nSPS) is 10.0. The molecule has 1 N–H and O–H groups in total. The molecular weight excluding hydrogens is 185 g/mol. The van der Waals surface area contributed by atoms with Crippen LogP contribution in [-0.2, 0) is 4.79 Å². The van der Waals surface area contributed by atoms with Crippen LogP contribution in [0.4, 0.5) is 0 Å². The predicted molar refractivity (Wildman–Crippen MR) is 37.2 cm³/mol. The number of allylic oxidation sites excluding steroid dienone is 1. The standard InChI is InChI=1S/C4H5ClO2.Ga.3H/c1-2-3(5)4(6)7;;;;/h2H,1H3,(H,6,7);;;;/b3-2-;;;;. The number of aliphatic carboxylic acids is 1. The average molecular weight is 193 g/mol. The summed E-state index contributed by atoms with van der Waals surface area (Å²) in [5, 5.41) is 7.84. The van der Waals surface area contributed by atoms with Gasteiger partial charge in [-0.2, -0.15) is 0 Å². The van der Waals surface area contributed by atoms with Gasteiger partial charge in [0.1, 0.15) is 5.03 Å². The fourth-order valence-electron chi connectivity index (χ4n) is 0.123. The molecule has 0 aromatic heterocycles. The van der Waals surface area contributed by atoms with Gasteiger partial charge in [0.05, 0.1) is 0 Å². The van der Waals surface area contributed by atoms with E-state index in [-0.39, 0.29) is 24.8 Å². The molecule has 0 heterocycles. The van der Waals surface area contributed by atoms with Crippen molar-refractivity contribution in [3.63, 3.8) is 0 Å². The topological polar surface area (TPSA) is 37.3 Å². The summed E-state index contributed by atoms with van der Waals surface area (Å²) in [5.74, 6) is -1.08. The van der Waals surface area contributed by atoms with Crippen LogP contribution < -0.4 is 0 Å². The van der Waals surface area contributed by atoms with Crippen molar-refractivity contribution in [3.05, 3.63) is 11.1 Å². The minimum absolute atomic E-state index is 0. The van der Waals surface area contributed by atoms with E-state index < -0.39 is 5.97 Å². The van der Waals surface area contributed by atoms with E-state index in [2.05, 4.69) is 0 Å². The van der Waals surface area contributed by atoms with Gasteiger partial charge in [-0.05, 0) is 6.92 Å². The van der Waals surface area contributed by atoms with Crippen molar-refractivity contribution < 1.29 is 9.90 Å². The van der Waals surface area contributed by atoms with Crippen LogP contribution in [0.25, 0.3) is 0 Å². The van der Waals surface area contributed by atoms with Crippen LogP contribution >= 0.6 is 11.6 Å². The molecule has 0 radical (unpaired) electrons. The maximum absolute atomic E-state index is 9.73. The fraction of sp³-hybridized carbons (Fsp3) is 0.250. The van der Waals surface area contributed by atoms with Gasteiger partial charge in [0.15, 0.2) is 0 Å². The predicted octanol–water partition coefficient (Wildman–Crippen LogP) is 0.0297. The van der Waals surface area contributed by atoms with Crippen molar-refractivity contribution in [3.8, 4) is 0 Å². The molecule has 0 spiro atoms. The Kier molecular flexibility index (Phi) is 7.26. The molecule has 0 bridgehead atoms. The Balaban J connectivity index is 0. The third kappa shape index (κ3) is 4.30. The van der Waals surface area contributed by atoms with Crippen LogP contribution in [-0.4, -0.2) is 30.9 Å². The van der Waals surface area contributed by atoms with Crippen molar-refractivity contribution in [2.24, 2.45) is 0 Å². The number of carboxylic acid groups (broad SMARTS) is 1. The van der Waals surface area contributed by atoms with E-state index in [0.717, 1.165) is 0 Å².